The molecule has 16 heavy (non-hydrogen) atoms. The largest absolute Gasteiger partial charge is 0.486 e. The zero-order valence-electron chi connectivity index (χ0n) is 10.7. The zero-order valence-corrected chi connectivity index (χ0v) is 10.7. The molecule has 1 atom stereocenters. The molecular formula is C12H23N3O. The Balaban J connectivity index is 2.53. The number of aryl methyl sites for hydroxylation is 1. The highest BCUT2D eigenvalue weighted by Crippen LogP contribution is 2.14. The van der Waals surface area contributed by atoms with Crippen molar-refractivity contribution in [3.63, 3.8) is 0 Å². The second-order valence-corrected chi connectivity index (χ2v) is 4.24. The third-order valence-corrected chi connectivity index (χ3v) is 2.56. The summed E-state index contributed by atoms with van der Waals surface area (Å²) in [6.45, 7) is 11.2. The maximum atomic E-state index is 5.91. The highest BCUT2D eigenvalue weighted by atomic mass is 16.5. The van der Waals surface area contributed by atoms with E-state index in [2.05, 4.69) is 38.1 Å². The van der Waals surface area contributed by atoms with Crippen molar-refractivity contribution >= 4 is 0 Å². The van der Waals surface area contributed by atoms with Gasteiger partial charge in [0, 0.05) is 13.1 Å². The number of hydrogen-bond donors (Lipinski definition) is 1. The van der Waals surface area contributed by atoms with Gasteiger partial charge in [0.25, 0.3) is 0 Å². The van der Waals surface area contributed by atoms with Crippen LogP contribution in [0.3, 0.4) is 0 Å². The Morgan fingerprint density at radius 3 is 2.69 bits per heavy atom. The van der Waals surface area contributed by atoms with Crippen LogP contribution in [0.15, 0.2) is 12.4 Å². The van der Waals surface area contributed by atoms with Gasteiger partial charge in [0.1, 0.15) is 6.10 Å². The molecule has 0 aliphatic rings. The SMILES string of the molecule is CCNCC(Oc1cnn(CC)c1)C(C)C. The van der Waals surface area contributed by atoms with E-state index in [1.807, 2.05) is 10.9 Å². The number of aromatic nitrogens is 2. The third-order valence-electron chi connectivity index (χ3n) is 2.56. The van der Waals surface area contributed by atoms with E-state index in [0.717, 1.165) is 25.4 Å². The second-order valence-electron chi connectivity index (χ2n) is 4.24. The summed E-state index contributed by atoms with van der Waals surface area (Å²) in [5.41, 5.74) is 0. The number of nitrogens with zero attached hydrogens (tertiary/aromatic N) is 2. The van der Waals surface area contributed by atoms with Gasteiger partial charge in [-0.2, -0.15) is 5.10 Å². The van der Waals surface area contributed by atoms with Gasteiger partial charge in [-0.1, -0.05) is 20.8 Å². The second kappa shape index (κ2) is 6.53. The minimum absolute atomic E-state index is 0.203. The molecule has 0 aliphatic carbocycles. The highest BCUT2D eigenvalue weighted by Gasteiger charge is 2.15. The summed E-state index contributed by atoms with van der Waals surface area (Å²) in [4.78, 5) is 0. The molecule has 1 heterocycles. The minimum atomic E-state index is 0.203. The first-order valence-corrected chi connectivity index (χ1v) is 6.07. The molecule has 0 bridgehead atoms. The average Bonchev–Trinajstić information content (AvgIpc) is 2.71. The Morgan fingerprint density at radius 2 is 2.19 bits per heavy atom. The normalized spacial score (nSPS) is 13.1. The summed E-state index contributed by atoms with van der Waals surface area (Å²) in [6.07, 6.45) is 3.93. The maximum absolute atomic E-state index is 5.91. The number of hydrogen-bond acceptors (Lipinski definition) is 3. The topological polar surface area (TPSA) is 39.1 Å². The lowest BCUT2D eigenvalue weighted by molar-refractivity contribution is 0.149. The molecule has 0 amide bonds. The average molecular weight is 225 g/mol. The minimum Gasteiger partial charge on any atom is -0.486 e. The van der Waals surface area contributed by atoms with Gasteiger partial charge in [0.2, 0.25) is 0 Å². The van der Waals surface area contributed by atoms with Crippen LogP contribution in [0.2, 0.25) is 0 Å². The smallest absolute Gasteiger partial charge is 0.157 e. The van der Waals surface area contributed by atoms with Crippen LogP contribution in [0.25, 0.3) is 0 Å². The molecule has 0 saturated carbocycles. The number of ether oxygens (including phenoxy) is 1. The lowest BCUT2D eigenvalue weighted by Gasteiger charge is -2.21. The summed E-state index contributed by atoms with van der Waals surface area (Å²) in [6, 6.07) is 0. The van der Waals surface area contributed by atoms with Gasteiger partial charge < -0.3 is 10.1 Å². The molecule has 92 valence electrons. The Labute approximate surface area is 98.0 Å². The van der Waals surface area contributed by atoms with Crippen molar-refractivity contribution in [1.29, 1.82) is 0 Å². The Hall–Kier alpha value is -1.03. The predicted molar refractivity (Wildman–Crippen MR) is 65.7 cm³/mol. The van der Waals surface area contributed by atoms with Crippen molar-refractivity contribution in [2.45, 2.75) is 40.3 Å². The lowest BCUT2D eigenvalue weighted by atomic mass is 10.1. The molecule has 1 aromatic heterocycles. The van der Waals surface area contributed by atoms with Crippen LogP contribution in [-0.2, 0) is 6.54 Å². The van der Waals surface area contributed by atoms with Crippen molar-refractivity contribution < 1.29 is 4.74 Å². The first kappa shape index (κ1) is 13.0. The van der Waals surface area contributed by atoms with Crippen LogP contribution in [0.1, 0.15) is 27.7 Å². The van der Waals surface area contributed by atoms with E-state index in [1.165, 1.54) is 0 Å². The molecule has 0 fully saturated rings. The van der Waals surface area contributed by atoms with Gasteiger partial charge in [-0.15, -0.1) is 0 Å². The van der Waals surface area contributed by atoms with E-state index in [0.29, 0.717) is 5.92 Å². The van der Waals surface area contributed by atoms with Gasteiger partial charge in [-0.25, -0.2) is 0 Å². The lowest BCUT2D eigenvalue weighted by Crippen LogP contribution is -2.35. The Kier molecular flexibility index (Phi) is 5.32. The molecule has 0 radical (unpaired) electrons. The molecule has 4 nitrogen and oxygen atoms in total. The summed E-state index contributed by atoms with van der Waals surface area (Å²) in [7, 11) is 0. The van der Waals surface area contributed by atoms with Crippen molar-refractivity contribution in [2.75, 3.05) is 13.1 Å². The van der Waals surface area contributed by atoms with E-state index in [4.69, 9.17) is 4.74 Å². The van der Waals surface area contributed by atoms with Crippen LogP contribution in [0.5, 0.6) is 5.75 Å². The summed E-state index contributed by atoms with van der Waals surface area (Å²) in [5, 5.41) is 7.52. The van der Waals surface area contributed by atoms with Crippen LogP contribution in [0.4, 0.5) is 0 Å². The quantitative estimate of drug-likeness (QED) is 0.770. The monoisotopic (exact) mass is 225 g/mol. The van der Waals surface area contributed by atoms with Gasteiger partial charge in [0.05, 0.1) is 12.4 Å². The fourth-order valence-corrected chi connectivity index (χ4v) is 1.45. The van der Waals surface area contributed by atoms with Crippen LogP contribution >= 0.6 is 0 Å². The van der Waals surface area contributed by atoms with Crippen molar-refractivity contribution in [1.82, 2.24) is 15.1 Å². The molecule has 0 aliphatic heterocycles. The van der Waals surface area contributed by atoms with Crippen LogP contribution in [-0.4, -0.2) is 29.0 Å². The fourth-order valence-electron chi connectivity index (χ4n) is 1.45. The molecule has 1 aromatic rings. The van der Waals surface area contributed by atoms with Gasteiger partial charge in [-0.05, 0) is 19.4 Å². The van der Waals surface area contributed by atoms with Crippen LogP contribution < -0.4 is 10.1 Å². The van der Waals surface area contributed by atoms with Gasteiger partial charge in [-0.3, -0.25) is 4.68 Å². The van der Waals surface area contributed by atoms with Crippen LogP contribution in [0, 0.1) is 5.92 Å². The number of nitrogens with one attached hydrogen (secondary N) is 1. The van der Waals surface area contributed by atoms with E-state index >= 15 is 0 Å². The molecule has 4 heteroatoms. The summed E-state index contributed by atoms with van der Waals surface area (Å²) in [5.74, 6) is 1.35. The zero-order chi connectivity index (χ0) is 12.0. The predicted octanol–water partition coefficient (Wildman–Crippen LogP) is 1.92. The first-order chi connectivity index (χ1) is 7.67. The van der Waals surface area contributed by atoms with E-state index < -0.39 is 0 Å². The summed E-state index contributed by atoms with van der Waals surface area (Å²) < 4.78 is 7.79. The van der Waals surface area contributed by atoms with E-state index in [9.17, 15) is 0 Å². The van der Waals surface area contributed by atoms with Gasteiger partial charge in [0.15, 0.2) is 5.75 Å². The molecule has 0 spiro atoms. The third kappa shape index (κ3) is 3.85. The van der Waals surface area contributed by atoms with Gasteiger partial charge >= 0.3 is 0 Å². The molecule has 1 rings (SSSR count). The molecule has 1 N–H and O–H groups in total. The molecule has 0 saturated heterocycles. The van der Waals surface area contributed by atoms with Crippen molar-refractivity contribution in [3.8, 4) is 5.75 Å². The van der Waals surface area contributed by atoms with Crippen molar-refractivity contribution in [3.05, 3.63) is 12.4 Å². The highest BCUT2D eigenvalue weighted by molar-refractivity contribution is 5.12. The fraction of sp³-hybridized carbons (Fsp3) is 0.750. The molecule has 0 aromatic carbocycles. The number of rotatable bonds is 7. The molecular weight excluding hydrogens is 202 g/mol. The van der Waals surface area contributed by atoms with E-state index in [1.54, 1.807) is 6.20 Å². The van der Waals surface area contributed by atoms with E-state index in [-0.39, 0.29) is 6.10 Å². The Bertz CT molecular complexity index is 296. The Morgan fingerprint density at radius 1 is 1.44 bits per heavy atom. The molecule has 1 unspecified atom stereocenters. The van der Waals surface area contributed by atoms with Crippen molar-refractivity contribution in [2.24, 2.45) is 5.92 Å². The number of likely N-dealkylation sites (N-methyl/N-ethyl adjacent to an activating group) is 1. The first-order valence-electron chi connectivity index (χ1n) is 6.07. The standard InChI is InChI=1S/C12H23N3O/c1-5-13-8-12(10(3)4)16-11-7-14-15(6-2)9-11/h7,9-10,12-13H,5-6,8H2,1-4H3. The summed E-state index contributed by atoms with van der Waals surface area (Å²) >= 11 is 0. The maximum Gasteiger partial charge on any atom is 0.157 e.